The molecule has 0 heterocycles. The van der Waals surface area contributed by atoms with Crippen LogP contribution in [0, 0.1) is 0 Å². The SMILES string of the molecule is COC1C=C(c2ccccc2)C(=O)c2ccccc2C1. The summed E-state index contributed by atoms with van der Waals surface area (Å²) in [5.41, 5.74) is 3.49. The first-order valence-corrected chi connectivity index (χ1v) is 6.72. The van der Waals surface area contributed by atoms with Crippen molar-refractivity contribution in [2.24, 2.45) is 0 Å². The lowest BCUT2D eigenvalue weighted by Crippen LogP contribution is -2.10. The van der Waals surface area contributed by atoms with Crippen LogP contribution in [0.25, 0.3) is 5.57 Å². The molecule has 0 fully saturated rings. The van der Waals surface area contributed by atoms with Crippen molar-refractivity contribution < 1.29 is 9.53 Å². The molecule has 2 aromatic carbocycles. The Kier molecular flexibility index (Phi) is 3.48. The van der Waals surface area contributed by atoms with E-state index in [0.717, 1.165) is 28.7 Å². The number of Topliss-reactive ketones (excluding diaryl/α,β-unsaturated/α-hetero) is 1. The van der Waals surface area contributed by atoms with Gasteiger partial charge in [0.05, 0.1) is 6.10 Å². The Balaban J connectivity index is 2.14. The summed E-state index contributed by atoms with van der Waals surface area (Å²) in [7, 11) is 1.68. The van der Waals surface area contributed by atoms with E-state index in [0.29, 0.717) is 0 Å². The van der Waals surface area contributed by atoms with Crippen LogP contribution in [0.3, 0.4) is 0 Å². The van der Waals surface area contributed by atoms with Crippen LogP contribution >= 0.6 is 0 Å². The molecule has 0 saturated carbocycles. The number of ether oxygens (including phenoxy) is 1. The van der Waals surface area contributed by atoms with Crippen LogP contribution in [0.4, 0.5) is 0 Å². The molecular formula is C18H16O2. The van der Waals surface area contributed by atoms with Crippen molar-refractivity contribution in [3.8, 4) is 0 Å². The van der Waals surface area contributed by atoms with Crippen molar-refractivity contribution in [2.45, 2.75) is 12.5 Å². The number of benzene rings is 2. The molecule has 0 aliphatic heterocycles. The summed E-state index contributed by atoms with van der Waals surface area (Å²) in [5, 5.41) is 0. The van der Waals surface area contributed by atoms with Gasteiger partial charge >= 0.3 is 0 Å². The molecule has 1 aliphatic carbocycles. The molecule has 2 nitrogen and oxygen atoms in total. The summed E-state index contributed by atoms with van der Waals surface area (Å²) < 4.78 is 5.50. The van der Waals surface area contributed by atoms with E-state index < -0.39 is 0 Å². The van der Waals surface area contributed by atoms with Gasteiger partial charge in [-0.15, -0.1) is 0 Å². The van der Waals surface area contributed by atoms with Gasteiger partial charge in [-0.1, -0.05) is 54.6 Å². The van der Waals surface area contributed by atoms with Gasteiger partial charge in [0.2, 0.25) is 0 Å². The third-order valence-corrected chi connectivity index (χ3v) is 3.67. The monoisotopic (exact) mass is 264 g/mol. The highest BCUT2D eigenvalue weighted by molar-refractivity contribution is 6.29. The maximum absolute atomic E-state index is 12.8. The predicted molar refractivity (Wildman–Crippen MR) is 79.7 cm³/mol. The molecule has 1 atom stereocenters. The molecule has 2 heteroatoms. The second-order valence-electron chi connectivity index (χ2n) is 4.91. The first kappa shape index (κ1) is 12.8. The van der Waals surface area contributed by atoms with Gasteiger partial charge in [0.1, 0.15) is 0 Å². The van der Waals surface area contributed by atoms with E-state index in [-0.39, 0.29) is 11.9 Å². The molecule has 0 N–H and O–H groups in total. The average molecular weight is 264 g/mol. The van der Waals surface area contributed by atoms with Crippen LogP contribution in [0.2, 0.25) is 0 Å². The molecule has 0 amide bonds. The Labute approximate surface area is 118 Å². The largest absolute Gasteiger partial charge is 0.377 e. The van der Waals surface area contributed by atoms with E-state index in [4.69, 9.17) is 4.74 Å². The smallest absolute Gasteiger partial charge is 0.193 e. The van der Waals surface area contributed by atoms with Crippen molar-refractivity contribution in [3.63, 3.8) is 0 Å². The van der Waals surface area contributed by atoms with Crippen molar-refractivity contribution >= 4 is 11.4 Å². The minimum atomic E-state index is -0.0715. The van der Waals surface area contributed by atoms with Crippen LogP contribution in [-0.2, 0) is 11.2 Å². The summed E-state index contributed by atoms with van der Waals surface area (Å²) in [6.07, 6.45) is 2.60. The highest BCUT2D eigenvalue weighted by Gasteiger charge is 2.23. The van der Waals surface area contributed by atoms with Gasteiger partial charge in [-0.2, -0.15) is 0 Å². The zero-order valence-electron chi connectivity index (χ0n) is 11.4. The molecule has 100 valence electrons. The van der Waals surface area contributed by atoms with Crippen LogP contribution in [0.1, 0.15) is 21.5 Å². The molecular weight excluding hydrogens is 248 g/mol. The van der Waals surface area contributed by atoms with Crippen molar-refractivity contribution in [1.82, 2.24) is 0 Å². The topological polar surface area (TPSA) is 26.3 Å². The van der Waals surface area contributed by atoms with E-state index >= 15 is 0 Å². The Bertz CT molecular complexity index is 656. The van der Waals surface area contributed by atoms with E-state index in [1.807, 2.05) is 60.7 Å². The minimum absolute atomic E-state index is 0.0715. The summed E-state index contributed by atoms with van der Waals surface area (Å²) in [6, 6.07) is 17.5. The Morgan fingerprint density at radius 3 is 2.45 bits per heavy atom. The fourth-order valence-corrected chi connectivity index (χ4v) is 2.60. The standard InChI is InChI=1S/C18H16O2/c1-20-15-11-14-9-5-6-10-16(14)18(19)17(12-15)13-7-3-2-4-8-13/h2-10,12,15H,11H2,1H3. The molecule has 1 unspecified atom stereocenters. The first-order chi connectivity index (χ1) is 9.79. The van der Waals surface area contributed by atoms with Crippen LogP contribution in [-0.4, -0.2) is 19.0 Å². The normalized spacial score (nSPS) is 18.1. The summed E-state index contributed by atoms with van der Waals surface area (Å²) in [6.45, 7) is 0. The molecule has 0 bridgehead atoms. The third-order valence-electron chi connectivity index (χ3n) is 3.67. The van der Waals surface area contributed by atoms with Crippen molar-refractivity contribution in [3.05, 3.63) is 77.4 Å². The molecule has 20 heavy (non-hydrogen) atoms. The zero-order chi connectivity index (χ0) is 13.9. The van der Waals surface area contributed by atoms with Crippen LogP contribution in [0.15, 0.2) is 60.7 Å². The number of rotatable bonds is 2. The zero-order valence-corrected chi connectivity index (χ0v) is 11.4. The summed E-state index contributed by atoms with van der Waals surface area (Å²) >= 11 is 0. The van der Waals surface area contributed by atoms with Crippen molar-refractivity contribution in [2.75, 3.05) is 7.11 Å². The third kappa shape index (κ3) is 2.30. The number of allylic oxidation sites excluding steroid dienone is 1. The quantitative estimate of drug-likeness (QED) is 0.829. The number of fused-ring (bicyclic) bond motifs is 1. The number of carbonyl (C=O) groups is 1. The fourth-order valence-electron chi connectivity index (χ4n) is 2.60. The number of carbonyl (C=O) groups excluding carboxylic acids is 1. The Morgan fingerprint density at radius 1 is 1.00 bits per heavy atom. The van der Waals surface area contributed by atoms with Gasteiger partial charge in [0.25, 0.3) is 0 Å². The average Bonchev–Trinajstić information content (AvgIpc) is 2.65. The lowest BCUT2D eigenvalue weighted by atomic mass is 9.95. The molecule has 0 spiro atoms. The maximum Gasteiger partial charge on any atom is 0.193 e. The van der Waals surface area contributed by atoms with Gasteiger partial charge in [0, 0.05) is 24.7 Å². The number of hydrogen-bond donors (Lipinski definition) is 0. The van der Waals surface area contributed by atoms with E-state index in [1.165, 1.54) is 0 Å². The first-order valence-electron chi connectivity index (χ1n) is 6.72. The molecule has 2 aromatic rings. The maximum atomic E-state index is 12.8. The fraction of sp³-hybridized carbons (Fsp3) is 0.167. The Morgan fingerprint density at radius 2 is 1.70 bits per heavy atom. The van der Waals surface area contributed by atoms with Gasteiger partial charge in [-0.05, 0) is 17.2 Å². The minimum Gasteiger partial charge on any atom is -0.377 e. The lowest BCUT2D eigenvalue weighted by Gasteiger charge is -2.10. The summed E-state index contributed by atoms with van der Waals surface area (Å²) in [4.78, 5) is 12.8. The Hall–Kier alpha value is -2.19. The number of hydrogen-bond acceptors (Lipinski definition) is 2. The lowest BCUT2D eigenvalue weighted by molar-refractivity contribution is 0.105. The van der Waals surface area contributed by atoms with Crippen molar-refractivity contribution in [1.29, 1.82) is 0 Å². The number of methoxy groups -OCH3 is 1. The van der Waals surface area contributed by atoms with Crippen LogP contribution < -0.4 is 0 Å². The molecule has 0 saturated heterocycles. The molecule has 0 aromatic heterocycles. The second-order valence-corrected chi connectivity index (χ2v) is 4.91. The highest BCUT2D eigenvalue weighted by Crippen LogP contribution is 2.27. The number of ketones is 1. The molecule has 0 radical (unpaired) electrons. The van der Waals surface area contributed by atoms with E-state index in [9.17, 15) is 4.79 Å². The van der Waals surface area contributed by atoms with E-state index in [2.05, 4.69) is 0 Å². The van der Waals surface area contributed by atoms with Gasteiger partial charge < -0.3 is 4.74 Å². The molecule has 1 aliphatic rings. The van der Waals surface area contributed by atoms with Gasteiger partial charge in [-0.3, -0.25) is 4.79 Å². The van der Waals surface area contributed by atoms with Crippen LogP contribution in [0.5, 0.6) is 0 Å². The summed E-state index contributed by atoms with van der Waals surface area (Å²) in [5.74, 6) is 0.0753. The highest BCUT2D eigenvalue weighted by atomic mass is 16.5. The predicted octanol–water partition coefficient (Wildman–Crippen LogP) is 3.52. The van der Waals surface area contributed by atoms with E-state index in [1.54, 1.807) is 7.11 Å². The van der Waals surface area contributed by atoms with Gasteiger partial charge in [-0.25, -0.2) is 0 Å². The second kappa shape index (κ2) is 5.43. The van der Waals surface area contributed by atoms with Gasteiger partial charge in [0.15, 0.2) is 5.78 Å². The molecule has 3 rings (SSSR count).